The molecule has 0 amide bonds. The Morgan fingerprint density at radius 3 is 2.62 bits per heavy atom. The molecule has 3 aromatic rings. The van der Waals surface area contributed by atoms with Crippen molar-refractivity contribution < 1.29 is 28.3 Å². The highest BCUT2D eigenvalue weighted by molar-refractivity contribution is 6.13. The van der Waals surface area contributed by atoms with Crippen molar-refractivity contribution in [3.63, 3.8) is 0 Å². The van der Waals surface area contributed by atoms with Crippen LogP contribution in [0.5, 0.6) is 11.5 Å². The van der Waals surface area contributed by atoms with Gasteiger partial charge in [0, 0.05) is 22.8 Å². The largest absolute Gasteiger partial charge is 0.493 e. The van der Waals surface area contributed by atoms with Gasteiger partial charge in [-0.15, -0.1) is 0 Å². The molecule has 0 fully saturated rings. The van der Waals surface area contributed by atoms with Crippen molar-refractivity contribution in [2.75, 3.05) is 7.11 Å². The van der Waals surface area contributed by atoms with Crippen LogP contribution in [0.15, 0.2) is 71.4 Å². The van der Waals surface area contributed by atoms with Crippen molar-refractivity contribution in [1.29, 1.82) is 0 Å². The minimum atomic E-state index is -0.703. The van der Waals surface area contributed by atoms with Crippen LogP contribution < -0.4 is 9.47 Å². The number of methoxy groups -OCH3 is 1. The van der Waals surface area contributed by atoms with E-state index in [0.29, 0.717) is 28.2 Å². The van der Waals surface area contributed by atoms with Gasteiger partial charge in [-0.25, -0.2) is 14.2 Å². The first-order chi connectivity index (χ1) is 16.4. The third-order valence-electron chi connectivity index (χ3n) is 5.09. The number of hydrogen-bond donors (Lipinski definition) is 0. The molecule has 9 heteroatoms. The number of ether oxygens (including phenoxy) is 3. The SMILES string of the molecule is COc1cccc(/C=C2\N=C(c3ccc(C)c([N+](=O)[O-])c3)OC2=O)c1OCc1ccc(F)cc1. The zero-order chi connectivity index (χ0) is 24.2. The number of carbonyl (C=O) groups is 1. The van der Waals surface area contributed by atoms with Gasteiger partial charge in [-0.3, -0.25) is 10.1 Å². The molecular formula is C25H19FN2O6. The zero-order valence-corrected chi connectivity index (χ0v) is 18.3. The maximum Gasteiger partial charge on any atom is 0.363 e. The van der Waals surface area contributed by atoms with E-state index in [1.165, 1.54) is 31.4 Å². The third-order valence-corrected chi connectivity index (χ3v) is 5.09. The first kappa shape index (κ1) is 22.7. The van der Waals surface area contributed by atoms with Crippen LogP contribution in [0.4, 0.5) is 10.1 Å². The molecule has 1 heterocycles. The zero-order valence-electron chi connectivity index (χ0n) is 18.3. The number of nitrogens with zero attached hydrogens (tertiary/aromatic N) is 2. The molecule has 0 unspecified atom stereocenters. The lowest BCUT2D eigenvalue weighted by atomic mass is 10.1. The van der Waals surface area contributed by atoms with Gasteiger partial charge in [0.25, 0.3) is 5.69 Å². The quantitative estimate of drug-likeness (QED) is 0.213. The lowest BCUT2D eigenvalue weighted by Gasteiger charge is -2.13. The van der Waals surface area contributed by atoms with Gasteiger partial charge in [-0.2, -0.15) is 0 Å². The van der Waals surface area contributed by atoms with Gasteiger partial charge in [0.1, 0.15) is 12.4 Å². The Morgan fingerprint density at radius 1 is 1.15 bits per heavy atom. The molecule has 0 spiro atoms. The number of cyclic esters (lactones) is 1. The van der Waals surface area contributed by atoms with E-state index in [2.05, 4.69) is 4.99 Å². The molecule has 1 aliphatic heterocycles. The predicted octanol–water partition coefficient (Wildman–Crippen LogP) is 4.97. The van der Waals surface area contributed by atoms with E-state index in [-0.39, 0.29) is 29.7 Å². The summed E-state index contributed by atoms with van der Waals surface area (Å²) in [5.74, 6) is -0.286. The van der Waals surface area contributed by atoms with E-state index in [9.17, 15) is 19.3 Å². The van der Waals surface area contributed by atoms with Gasteiger partial charge >= 0.3 is 5.97 Å². The molecule has 3 aromatic carbocycles. The fraction of sp³-hybridized carbons (Fsp3) is 0.120. The molecule has 0 radical (unpaired) electrons. The van der Waals surface area contributed by atoms with Crippen LogP contribution in [0, 0.1) is 22.9 Å². The Kier molecular flexibility index (Phi) is 6.35. The van der Waals surface area contributed by atoms with Crippen molar-refractivity contribution in [2.24, 2.45) is 4.99 Å². The average Bonchev–Trinajstić information content (AvgIpc) is 3.19. The molecule has 172 valence electrons. The summed E-state index contributed by atoms with van der Waals surface area (Å²) >= 11 is 0. The summed E-state index contributed by atoms with van der Waals surface area (Å²) in [6.45, 7) is 1.76. The van der Waals surface area contributed by atoms with E-state index >= 15 is 0 Å². The second-order valence-corrected chi connectivity index (χ2v) is 7.39. The molecule has 34 heavy (non-hydrogen) atoms. The first-order valence-corrected chi connectivity index (χ1v) is 10.2. The van der Waals surface area contributed by atoms with Crippen LogP contribution in [0.3, 0.4) is 0 Å². The molecule has 4 rings (SSSR count). The van der Waals surface area contributed by atoms with E-state index < -0.39 is 10.9 Å². The van der Waals surface area contributed by atoms with Gasteiger partial charge in [0.15, 0.2) is 17.2 Å². The normalized spacial score (nSPS) is 14.0. The van der Waals surface area contributed by atoms with Gasteiger partial charge in [-0.1, -0.05) is 30.3 Å². The van der Waals surface area contributed by atoms with E-state index in [1.54, 1.807) is 49.4 Å². The van der Waals surface area contributed by atoms with Gasteiger partial charge in [0.2, 0.25) is 5.90 Å². The monoisotopic (exact) mass is 462 g/mol. The molecule has 0 saturated carbocycles. The highest BCUT2D eigenvalue weighted by Crippen LogP contribution is 2.34. The highest BCUT2D eigenvalue weighted by Gasteiger charge is 2.26. The summed E-state index contributed by atoms with van der Waals surface area (Å²) in [6.07, 6.45) is 1.49. The number of halogens is 1. The van der Waals surface area contributed by atoms with Crippen LogP contribution in [0.1, 0.15) is 22.3 Å². The lowest BCUT2D eigenvalue weighted by Crippen LogP contribution is -2.06. The van der Waals surface area contributed by atoms with Gasteiger partial charge in [-0.05, 0) is 42.8 Å². The molecule has 1 aliphatic rings. The number of aryl methyl sites for hydroxylation is 1. The number of para-hydroxylation sites is 1. The number of nitro benzene ring substituents is 1. The first-order valence-electron chi connectivity index (χ1n) is 10.2. The Balaban J connectivity index is 1.66. The molecular weight excluding hydrogens is 443 g/mol. The van der Waals surface area contributed by atoms with Gasteiger partial charge in [0.05, 0.1) is 12.0 Å². The highest BCUT2D eigenvalue weighted by atomic mass is 19.1. The van der Waals surface area contributed by atoms with Crippen LogP contribution >= 0.6 is 0 Å². The van der Waals surface area contributed by atoms with E-state index in [4.69, 9.17) is 14.2 Å². The van der Waals surface area contributed by atoms with Crippen molar-refractivity contribution in [1.82, 2.24) is 0 Å². The minimum Gasteiger partial charge on any atom is -0.493 e. The topological polar surface area (TPSA) is 100 Å². The number of hydrogen-bond acceptors (Lipinski definition) is 7. The number of esters is 1. The number of nitro groups is 1. The summed E-state index contributed by atoms with van der Waals surface area (Å²) in [5.41, 5.74) is 1.94. The molecule has 0 aromatic heterocycles. The fourth-order valence-corrected chi connectivity index (χ4v) is 3.32. The maximum atomic E-state index is 13.2. The molecule has 0 atom stereocenters. The van der Waals surface area contributed by atoms with Crippen LogP contribution in [-0.2, 0) is 16.1 Å². The summed E-state index contributed by atoms with van der Waals surface area (Å²) in [7, 11) is 1.49. The average molecular weight is 462 g/mol. The lowest BCUT2D eigenvalue weighted by molar-refractivity contribution is -0.385. The number of rotatable bonds is 7. The Labute approximate surface area is 194 Å². The summed E-state index contributed by atoms with van der Waals surface area (Å²) in [6, 6.07) is 15.5. The van der Waals surface area contributed by atoms with Crippen LogP contribution in [-0.4, -0.2) is 23.9 Å². The van der Waals surface area contributed by atoms with Crippen LogP contribution in [0.2, 0.25) is 0 Å². The van der Waals surface area contributed by atoms with Crippen molar-refractivity contribution in [3.05, 3.63) is 105 Å². The maximum absolute atomic E-state index is 13.2. The Morgan fingerprint density at radius 2 is 1.91 bits per heavy atom. The molecule has 0 N–H and O–H groups in total. The van der Waals surface area contributed by atoms with Crippen molar-refractivity contribution >= 4 is 23.6 Å². The smallest absolute Gasteiger partial charge is 0.363 e. The summed E-state index contributed by atoms with van der Waals surface area (Å²) < 4.78 is 29.8. The predicted molar refractivity (Wildman–Crippen MR) is 122 cm³/mol. The number of benzene rings is 3. The van der Waals surface area contributed by atoms with Crippen LogP contribution in [0.25, 0.3) is 6.08 Å². The number of aliphatic imine (C=N–C) groups is 1. The fourth-order valence-electron chi connectivity index (χ4n) is 3.32. The third kappa shape index (κ3) is 4.78. The molecule has 0 saturated heterocycles. The summed E-state index contributed by atoms with van der Waals surface area (Å²) in [5, 5.41) is 11.2. The molecule has 0 bridgehead atoms. The van der Waals surface area contributed by atoms with Crippen molar-refractivity contribution in [2.45, 2.75) is 13.5 Å². The van der Waals surface area contributed by atoms with E-state index in [1.807, 2.05) is 0 Å². The Bertz CT molecular complexity index is 1330. The Hall–Kier alpha value is -4.53. The second-order valence-electron chi connectivity index (χ2n) is 7.39. The van der Waals surface area contributed by atoms with E-state index in [0.717, 1.165) is 5.56 Å². The summed E-state index contributed by atoms with van der Waals surface area (Å²) in [4.78, 5) is 27.4. The number of carbonyl (C=O) groups excluding carboxylic acids is 1. The van der Waals surface area contributed by atoms with Gasteiger partial charge < -0.3 is 14.2 Å². The van der Waals surface area contributed by atoms with Crippen molar-refractivity contribution in [3.8, 4) is 11.5 Å². The molecule has 8 nitrogen and oxygen atoms in total. The standard InChI is InChI=1S/C25H19FN2O6/c1-15-6-9-18(13-21(15)28(30)31)24-27-20(25(29)34-24)12-17-4-3-5-22(32-2)23(17)33-14-16-7-10-19(26)11-8-16/h3-13H,14H2,1-2H3/b20-12-. The minimum absolute atomic E-state index is 0.00175. The second kappa shape index (κ2) is 9.53. The molecule has 0 aliphatic carbocycles.